The zero-order valence-electron chi connectivity index (χ0n) is 27.0. The maximum atomic E-state index is 13.1. The number of rotatable bonds is 19. The second-order valence-electron chi connectivity index (χ2n) is 11.7. The van der Waals surface area contributed by atoms with Crippen LogP contribution in [0, 0.1) is 23.7 Å². The predicted octanol–water partition coefficient (Wildman–Crippen LogP) is 3.30. The van der Waals surface area contributed by atoms with E-state index >= 15 is 0 Å². The Morgan fingerprint density at radius 3 is 2.32 bits per heavy atom. The molecule has 254 valence electrons. The molecule has 0 aliphatic carbocycles. The summed E-state index contributed by atoms with van der Waals surface area (Å²) in [6.07, 6.45) is 3.68. The zero-order chi connectivity index (χ0) is 30.9. The van der Waals surface area contributed by atoms with Crippen LogP contribution >= 0.6 is 24.8 Å². The molecule has 4 atom stereocenters. The fourth-order valence-electron chi connectivity index (χ4n) is 4.98. The molecule has 0 saturated carbocycles. The third kappa shape index (κ3) is 15.4. The summed E-state index contributed by atoms with van der Waals surface area (Å²) in [6, 6.07) is 6.62. The van der Waals surface area contributed by atoms with Crippen molar-refractivity contribution in [3.8, 4) is 5.75 Å². The lowest BCUT2D eigenvalue weighted by atomic mass is 9.83. The zero-order valence-corrected chi connectivity index (χ0v) is 28.7. The quantitative estimate of drug-likeness (QED) is 0.166. The van der Waals surface area contributed by atoms with E-state index in [4.69, 9.17) is 19.9 Å². The van der Waals surface area contributed by atoms with Gasteiger partial charge in [-0.05, 0) is 48.8 Å². The van der Waals surface area contributed by atoms with Crippen molar-refractivity contribution in [1.29, 1.82) is 0 Å². The van der Waals surface area contributed by atoms with Crippen LogP contribution in [0.15, 0.2) is 36.4 Å². The maximum Gasteiger partial charge on any atom is 0.255 e. The molecule has 1 aliphatic rings. The molecule has 5 N–H and O–H groups in total. The summed E-state index contributed by atoms with van der Waals surface area (Å²) in [6.45, 7) is 13.9. The van der Waals surface area contributed by atoms with Crippen LogP contribution in [0.25, 0.3) is 0 Å². The number of carbonyl (C=O) groups excluding carboxylic acids is 2. The largest absolute Gasteiger partial charge is 0.489 e. The van der Waals surface area contributed by atoms with Gasteiger partial charge in [-0.1, -0.05) is 45.9 Å². The number of nitrogens with one attached hydrogen (secondary N) is 2. The van der Waals surface area contributed by atoms with Crippen molar-refractivity contribution in [2.75, 3.05) is 66.3 Å². The Kier molecular flexibility index (Phi) is 22.4. The first-order valence-electron chi connectivity index (χ1n) is 15.3. The van der Waals surface area contributed by atoms with Crippen LogP contribution < -0.4 is 21.1 Å². The average Bonchev–Trinajstić information content (AvgIpc) is 2.97. The fourth-order valence-corrected chi connectivity index (χ4v) is 4.98. The van der Waals surface area contributed by atoms with E-state index in [1.54, 1.807) is 25.3 Å². The van der Waals surface area contributed by atoms with Crippen molar-refractivity contribution in [3.05, 3.63) is 42.0 Å². The lowest BCUT2D eigenvalue weighted by molar-refractivity contribution is -0.127. The van der Waals surface area contributed by atoms with Gasteiger partial charge >= 0.3 is 0 Å². The van der Waals surface area contributed by atoms with Crippen LogP contribution in [0.4, 0.5) is 0 Å². The Morgan fingerprint density at radius 1 is 1.02 bits per heavy atom. The van der Waals surface area contributed by atoms with Gasteiger partial charge < -0.3 is 35.7 Å². The summed E-state index contributed by atoms with van der Waals surface area (Å²) in [5.74, 6) is 0.233. The van der Waals surface area contributed by atoms with Crippen LogP contribution in [0.5, 0.6) is 5.75 Å². The van der Waals surface area contributed by atoms with E-state index in [9.17, 15) is 14.7 Å². The van der Waals surface area contributed by atoms with Gasteiger partial charge in [-0.2, -0.15) is 0 Å². The molecule has 1 saturated heterocycles. The summed E-state index contributed by atoms with van der Waals surface area (Å²) in [4.78, 5) is 28.3. The number of morpholine rings is 1. The summed E-state index contributed by atoms with van der Waals surface area (Å²) >= 11 is 0. The molecular formula is C32H56Cl2N4O6. The fraction of sp³-hybridized carbons (Fsp3) is 0.688. The van der Waals surface area contributed by atoms with E-state index in [0.717, 1.165) is 32.8 Å². The minimum Gasteiger partial charge on any atom is -0.489 e. The molecule has 2 amide bonds. The van der Waals surface area contributed by atoms with Crippen molar-refractivity contribution < 1.29 is 28.9 Å². The van der Waals surface area contributed by atoms with Crippen molar-refractivity contribution in [1.82, 2.24) is 15.5 Å². The topological polar surface area (TPSA) is 135 Å². The Labute approximate surface area is 276 Å². The molecule has 1 aromatic rings. The number of hydrogen-bond acceptors (Lipinski definition) is 8. The van der Waals surface area contributed by atoms with E-state index in [1.165, 1.54) is 0 Å². The number of nitrogens with zero attached hydrogens (tertiary/aromatic N) is 1. The first-order chi connectivity index (χ1) is 20.1. The summed E-state index contributed by atoms with van der Waals surface area (Å²) in [5, 5.41) is 17.1. The number of amides is 2. The molecule has 4 unspecified atom stereocenters. The van der Waals surface area contributed by atoms with Crippen LogP contribution in [0.3, 0.4) is 0 Å². The highest BCUT2D eigenvalue weighted by atomic mass is 35.5. The van der Waals surface area contributed by atoms with E-state index in [2.05, 4.69) is 29.4 Å². The van der Waals surface area contributed by atoms with Crippen molar-refractivity contribution in [2.24, 2.45) is 29.4 Å². The highest BCUT2D eigenvalue weighted by molar-refractivity contribution is 5.96. The number of aliphatic hydroxyl groups excluding tert-OH is 1. The third-order valence-corrected chi connectivity index (χ3v) is 7.90. The van der Waals surface area contributed by atoms with E-state index < -0.39 is 12.1 Å². The minimum absolute atomic E-state index is 0. The van der Waals surface area contributed by atoms with Gasteiger partial charge in [0.25, 0.3) is 5.91 Å². The number of aliphatic hydroxyl groups is 1. The summed E-state index contributed by atoms with van der Waals surface area (Å²) in [5.41, 5.74) is 6.95. The monoisotopic (exact) mass is 662 g/mol. The molecule has 0 spiro atoms. The lowest BCUT2D eigenvalue weighted by Crippen LogP contribution is -2.45. The second kappa shape index (κ2) is 23.4. The Bertz CT molecular complexity index is 962. The molecule has 12 heteroatoms. The van der Waals surface area contributed by atoms with Crippen LogP contribution in [-0.4, -0.2) is 100 Å². The molecule has 0 bridgehead atoms. The number of para-hydroxylation sites is 1. The highest BCUT2D eigenvalue weighted by Gasteiger charge is 2.30. The van der Waals surface area contributed by atoms with Gasteiger partial charge in [-0.15, -0.1) is 24.8 Å². The molecule has 0 aromatic heterocycles. The molecule has 1 aliphatic heterocycles. The molecule has 1 fully saturated rings. The van der Waals surface area contributed by atoms with Gasteiger partial charge in [0.1, 0.15) is 12.4 Å². The van der Waals surface area contributed by atoms with Gasteiger partial charge in [-0.25, -0.2) is 0 Å². The van der Waals surface area contributed by atoms with Gasteiger partial charge in [-0.3, -0.25) is 14.5 Å². The van der Waals surface area contributed by atoms with E-state index in [-0.39, 0.29) is 60.3 Å². The summed E-state index contributed by atoms with van der Waals surface area (Å²) < 4.78 is 16.2. The third-order valence-electron chi connectivity index (χ3n) is 7.90. The smallest absolute Gasteiger partial charge is 0.255 e. The Hall–Kier alpha value is -1.92. The molecule has 44 heavy (non-hydrogen) atoms. The van der Waals surface area contributed by atoms with Crippen LogP contribution in [-0.2, 0) is 14.3 Å². The molecule has 1 heterocycles. The predicted molar refractivity (Wildman–Crippen MR) is 180 cm³/mol. The summed E-state index contributed by atoms with van der Waals surface area (Å²) in [7, 11) is 1.62. The van der Waals surface area contributed by atoms with Crippen molar-refractivity contribution >= 4 is 36.6 Å². The number of hydrogen-bond donors (Lipinski definition) is 4. The molecule has 0 radical (unpaired) electrons. The SMILES string of the molecule is COCC=CCOc1ccccc1C(=O)NCC(CC(N)C(O)CC(C(=O)NCCN1CCOCC1)C(C)C)C(C)C.Cl.Cl. The number of carbonyl (C=O) groups is 2. The van der Waals surface area contributed by atoms with E-state index in [1.807, 2.05) is 32.1 Å². The average molecular weight is 664 g/mol. The number of benzene rings is 1. The Morgan fingerprint density at radius 2 is 1.68 bits per heavy atom. The molecular weight excluding hydrogens is 607 g/mol. The number of halogens is 2. The highest BCUT2D eigenvalue weighted by Crippen LogP contribution is 2.24. The van der Waals surface area contributed by atoms with Gasteiger partial charge in [0, 0.05) is 51.8 Å². The van der Waals surface area contributed by atoms with Crippen LogP contribution in [0.2, 0.25) is 0 Å². The molecule has 2 rings (SSSR count). The normalized spacial score (nSPS) is 16.5. The maximum absolute atomic E-state index is 13.1. The molecule has 10 nitrogen and oxygen atoms in total. The first-order valence-corrected chi connectivity index (χ1v) is 15.3. The van der Waals surface area contributed by atoms with Gasteiger partial charge in [0.05, 0.1) is 31.5 Å². The minimum atomic E-state index is -0.834. The number of nitrogens with two attached hydrogens (primary N) is 1. The van der Waals surface area contributed by atoms with Gasteiger partial charge in [0.15, 0.2) is 0 Å². The Balaban J connectivity index is 0.00000924. The molecule has 1 aromatic carbocycles. The second-order valence-corrected chi connectivity index (χ2v) is 11.7. The van der Waals surface area contributed by atoms with Crippen LogP contribution in [0.1, 0.15) is 50.9 Å². The van der Waals surface area contributed by atoms with Crippen molar-refractivity contribution in [2.45, 2.75) is 52.7 Å². The number of methoxy groups -OCH3 is 1. The van der Waals surface area contributed by atoms with E-state index in [0.29, 0.717) is 50.5 Å². The van der Waals surface area contributed by atoms with Crippen molar-refractivity contribution in [3.63, 3.8) is 0 Å². The first kappa shape index (κ1) is 42.1. The lowest BCUT2D eigenvalue weighted by Gasteiger charge is -2.30. The standard InChI is InChI=1S/C32H54N4O6.2ClH/c1-23(2)25(22-35-31(38)26-10-6-7-11-30(26)42-17-9-8-16-40-5)20-28(33)29(37)21-27(24(3)4)32(39)34-12-13-36-14-18-41-19-15-36;;/h6-11,23-25,27-29,37H,12-22,33H2,1-5H3,(H,34,39)(H,35,38);2*1H. The number of ether oxygens (including phenoxy) is 3. The van der Waals surface area contributed by atoms with Gasteiger partial charge in [0.2, 0.25) is 5.91 Å².